The van der Waals surface area contributed by atoms with Gasteiger partial charge in [-0.1, -0.05) is 0 Å². The molecule has 4 heteroatoms. The minimum Gasteiger partial charge on any atom is -0.444 e. The minimum atomic E-state index is -0.464. The summed E-state index contributed by atoms with van der Waals surface area (Å²) in [5, 5.41) is 2.93. The Bertz CT molecular complexity index is 317. The molecule has 1 N–H and O–H groups in total. The van der Waals surface area contributed by atoms with Crippen molar-refractivity contribution in [2.45, 2.75) is 70.6 Å². The van der Waals surface area contributed by atoms with Gasteiger partial charge in [0, 0.05) is 18.4 Å². The van der Waals surface area contributed by atoms with Crippen LogP contribution in [0.15, 0.2) is 0 Å². The lowest BCUT2D eigenvalue weighted by molar-refractivity contribution is 0.0437. The second kappa shape index (κ2) is 4.95. The first-order valence-electron chi connectivity index (χ1n) is 6.12. The Morgan fingerprint density at radius 1 is 1.41 bits per heavy atom. The first-order chi connectivity index (χ1) is 7.74. The Kier molecular flexibility index (Phi) is 4.03. The summed E-state index contributed by atoms with van der Waals surface area (Å²) in [6.07, 6.45) is 3.05. The third-order valence-corrected chi connectivity index (χ3v) is 3.04. The number of ether oxygens (including phenoxy) is 1. The van der Waals surface area contributed by atoms with Crippen molar-refractivity contribution in [1.82, 2.24) is 5.32 Å². The van der Waals surface area contributed by atoms with Gasteiger partial charge in [-0.25, -0.2) is 11.4 Å². The fourth-order valence-electron chi connectivity index (χ4n) is 2.04. The van der Waals surface area contributed by atoms with Gasteiger partial charge in [0.05, 0.1) is 0 Å². The van der Waals surface area contributed by atoms with E-state index in [1.54, 1.807) is 0 Å². The van der Waals surface area contributed by atoms with Crippen LogP contribution < -0.4 is 5.32 Å². The van der Waals surface area contributed by atoms with Gasteiger partial charge >= 0.3 is 6.09 Å². The highest BCUT2D eigenvalue weighted by Gasteiger charge is 2.35. The first-order valence-corrected chi connectivity index (χ1v) is 6.12. The summed E-state index contributed by atoms with van der Waals surface area (Å²) in [7, 11) is 0. The molecule has 0 unspecified atom stereocenters. The van der Waals surface area contributed by atoms with E-state index >= 15 is 0 Å². The summed E-state index contributed by atoms with van der Waals surface area (Å²) in [5.41, 5.74) is -0.683. The van der Waals surface area contributed by atoms with Gasteiger partial charge in [-0.05, 0) is 40.5 Å². The van der Waals surface area contributed by atoms with E-state index in [0.717, 1.165) is 25.7 Å². The van der Waals surface area contributed by atoms with Gasteiger partial charge in [-0.3, -0.25) is 0 Å². The van der Waals surface area contributed by atoms with E-state index in [4.69, 9.17) is 11.3 Å². The quantitative estimate of drug-likeness (QED) is 0.713. The third kappa shape index (κ3) is 4.64. The maximum atomic E-state index is 11.7. The number of rotatable bonds is 1. The summed E-state index contributed by atoms with van der Waals surface area (Å²) in [5.74, 6) is 0. The molecule has 0 saturated heterocycles. The molecule has 1 aliphatic carbocycles. The van der Waals surface area contributed by atoms with Gasteiger partial charge in [0.15, 0.2) is 0 Å². The smallest absolute Gasteiger partial charge is 0.408 e. The van der Waals surface area contributed by atoms with Gasteiger partial charge in [-0.15, -0.1) is 0 Å². The molecular weight excluding hydrogens is 216 g/mol. The van der Waals surface area contributed by atoms with Crippen molar-refractivity contribution in [2.75, 3.05) is 0 Å². The fraction of sp³-hybridized carbons (Fsp3) is 0.846. The van der Waals surface area contributed by atoms with E-state index in [2.05, 4.69) is 10.2 Å². The number of nitrogens with one attached hydrogen (secondary N) is 1. The number of amides is 1. The molecule has 1 fully saturated rings. The molecule has 0 aromatic carbocycles. The lowest BCUT2D eigenvalue weighted by Gasteiger charge is -2.35. The second-order valence-corrected chi connectivity index (χ2v) is 6.05. The number of hydrogen-bond donors (Lipinski definition) is 1. The Hall–Kier alpha value is -1.24. The van der Waals surface area contributed by atoms with Crippen LogP contribution in [-0.2, 0) is 4.74 Å². The molecule has 1 amide bonds. The predicted octanol–water partition coefficient (Wildman–Crippen LogP) is 3.13. The first kappa shape index (κ1) is 13.8. The molecule has 1 aliphatic rings. The molecule has 0 aliphatic heterocycles. The summed E-state index contributed by atoms with van der Waals surface area (Å²) in [4.78, 5) is 15.2. The van der Waals surface area contributed by atoms with Gasteiger partial charge in [-0.2, -0.15) is 0 Å². The second-order valence-electron chi connectivity index (χ2n) is 6.05. The van der Waals surface area contributed by atoms with Crippen LogP contribution in [0.2, 0.25) is 0 Å². The Balaban J connectivity index is 2.46. The highest BCUT2D eigenvalue weighted by molar-refractivity contribution is 5.68. The highest BCUT2D eigenvalue weighted by Crippen LogP contribution is 2.29. The highest BCUT2D eigenvalue weighted by atomic mass is 16.6. The number of alkyl carbamates (subject to hydrolysis) is 1. The lowest BCUT2D eigenvalue weighted by atomic mass is 9.81. The number of nitrogens with zero attached hydrogens (tertiary/aromatic N) is 1. The van der Waals surface area contributed by atoms with Crippen LogP contribution in [0.3, 0.4) is 0 Å². The van der Waals surface area contributed by atoms with Crippen LogP contribution in [0.5, 0.6) is 0 Å². The van der Waals surface area contributed by atoms with Crippen molar-refractivity contribution >= 4 is 6.09 Å². The predicted molar refractivity (Wildman–Crippen MR) is 66.6 cm³/mol. The molecule has 1 saturated carbocycles. The minimum absolute atomic E-state index is 0.128. The molecule has 1 rings (SSSR count). The average molecular weight is 238 g/mol. The van der Waals surface area contributed by atoms with E-state index < -0.39 is 5.60 Å². The number of hydrogen-bond acceptors (Lipinski definition) is 2. The number of carbonyl (C=O) groups is 1. The van der Waals surface area contributed by atoms with E-state index in [1.165, 1.54) is 0 Å². The van der Waals surface area contributed by atoms with Crippen LogP contribution in [0.25, 0.3) is 4.85 Å². The van der Waals surface area contributed by atoms with E-state index in [1.807, 2.05) is 27.7 Å². The molecule has 0 spiro atoms. The molecule has 0 atom stereocenters. The zero-order valence-electron chi connectivity index (χ0n) is 11.2. The molecule has 0 aromatic heterocycles. The molecule has 96 valence electrons. The van der Waals surface area contributed by atoms with Crippen molar-refractivity contribution < 1.29 is 9.53 Å². The van der Waals surface area contributed by atoms with Gasteiger partial charge in [0.2, 0.25) is 6.04 Å². The molecule has 0 radical (unpaired) electrons. The normalized spacial score (nSPS) is 29.2. The lowest BCUT2D eigenvalue weighted by Crippen LogP contribution is -2.50. The van der Waals surface area contributed by atoms with E-state index in [0.29, 0.717) is 0 Å². The van der Waals surface area contributed by atoms with Crippen LogP contribution in [-0.4, -0.2) is 23.3 Å². The fourth-order valence-corrected chi connectivity index (χ4v) is 2.04. The topological polar surface area (TPSA) is 42.7 Å². The molecule has 4 nitrogen and oxygen atoms in total. The van der Waals surface area contributed by atoms with Crippen molar-refractivity contribution in [2.24, 2.45) is 0 Å². The van der Waals surface area contributed by atoms with Crippen LogP contribution in [0, 0.1) is 6.57 Å². The molecule has 17 heavy (non-hydrogen) atoms. The number of carbonyl (C=O) groups excluding carboxylic acids is 1. The third-order valence-electron chi connectivity index (χ3n) is 3.04. The van der Waals surface area contributed by atoms with Gasteiger partial charge < -0.3 is 14.9 Å². The van der Waals surface area contributed by atoms with Crippen LogP contribution in [0.1, 0.15) is 53.4 Å². The zero-order chi connectivity index (χ0) is 13.1. The van der Waals surface area contributed by atoms with Crippen LogP contribution >= 0.6 is 0 Å². The standard InChI is InChI=1S/C13H22N2O2/c1-12(2,3)17-11(16)15-13(4)8-6-10(14-5)7-9-13/h10H,6-9H2,1-4H3,(H,15,16). The monoisotopic (exact) mass is 238 g/mol. The average Bonchev–Trinajstić information content (AvgIpc) is 2.15. The SMILES string of the molecule is [C-]#[N+]C1CCC(C)(NC(=O)OC(C)(C)C)CC1. The van der Waals surface area contributed by atoms with Crippen molar-refractivity contribution in [3.8, 4) is 0 Å². The molecule has 0 bridgehead atoms. The Morgan fingerprint density at radius 3 is 2.35 bits per heavy atom. The Morgan fingerprint density at radius 2 is 1.94 bits per heavy atom. The summed E-state index contributed by atoms with van der Waals surface area (Å²) < 4.78 is 5.25. The van der Waals surface area contributed by atoms with Gasteiger partial charge in [0.1, 0.15) is 5.60 Å². The zero-order valence-corrected chi connectivity index (χ0v) is 11.2. The van der Waals surface area contributed by atoms with Gasteiger partial charge in [0.25, 0.3) is 0 Å². The maximum Gasteiger partial charge on any atom is 0.408 e. The van der Waals surface area contributed by atoms with E-state index in [-0.39, 0.29) is 17.7 Å². The van der Waals surface area contributed by atoms with Crippen LogP contribution in [0.4, 0.5) is 4.79 Å². The van der Waals surface area contributed by atoms with Crippen molar-refractivity contribution in [3.05, 3.63) is 11.4 Å². The van der Waals surface area contributed by atoms with Crippen molar-refractivity contribution in [1.29, 1.82) is 0 Å². The summed E-state index contributed by atoms with van der Waals surface area (Å²) in [6.45, 7) is 14.6. The summed E-state index contributed by atoms with van der Waals surface area (Å²) in [6, 6.07) is 0.128. The van der Waals surface area contributed by atoms with Crippen molar-refractivity contribution in [3.63, 3.8) is 0 Å². The molecule has 0 heterocycles. The summed E-state index contributed by atoms with van der Waals surface area (Å²) >= 11 is 0. The molecule has 0 aromatic rings. The largest absolute Gasteiger partial charge is 0.444 e. The van der Waals surface area contributed by atoms with E-state index in [9.17, 15) is 4.79 Å². The molecular formula is C13H22N2O2. The maximum absolute atomic E-state index is 11.7. The Labute approximate surface area is 104 Å².